The van der Waals surface area contributed by atoms with Crippen LogP contribution in [0.3, 0.4) is 0 Å². The van der Waals surface area contributed by atoms with Crippen molar-refractivity contribution in [2.45, 2.75) is 23.6 Å². The smallest absolute Gasteiger partial charge is 0.335 e. The predicted octanol–water partition coefficient (Wildman–Crippen LogP) is 4.06. The van der Waals surface area contributed by atoms with Crippen LogP contribution in [-0.2, 0) is 0 Å². The molecule has 21 heavy (non-hydrogen) atoms. The highest BCUT2D eigenvalue weighted by Crippen LogP contribution is 2.35. The van der Waals surface area contributed by atoms with Crippen LogP contribution >= 0.6 is 11.8 Å². The number of aromatic carboxylic acids is 1. The lowest BCUT2D eigenvalue weighted by molar-refractivity contribution is -0.385. The highest BCUT2D eigenvalue weighted by atomic mass is 32.2. The van der Waals surface area contributed by atoms with Gasteiger partial charge in [0.15, 0.2) is 0 Å². The van der Waals surface area contributed by atoms with E-state index in [1.807, 2.05) is 31.2 Å². The number of carboxylic acid groups (broad SMARTS) is 1. The summed E-state index contributed by atoms with van der Waals surface area (Å²) in [7, 11) is 0. The normalized spacial score (nSPS) is 10.4. The van der Waals surface area contributed by atoms with Crippen LogP contribution in [0.5, 0.6) is 0 Å². The first-order valence-electron chi connectivity index (χ1n) is 6.15. The first-order chi connectivity index (χ1) is 9.88. The molecule has 2 aromatic carbocycles. The minimum atomic E-state index is -1.18. The monoisotopic (exact) mass is 303 g/mol. The van der Waals surface area contributed by atoms with Crippen molar-refractivity contribution < 1.29 is 14.8 Å². The summed E-state index contributed by atoms with van der Waals surface area (Å²) in [6, 6.07) is 10.2. The molecule has 1 N–H and O–H groups in total. The molecule has 0 spiro atoms. The minimum absolute atomic E-state index is 0.0816. The molecule has 0 aliphatic rings. The summed E-state index contributed by atoms with van der Waals surface area (Å²) in [5.41, 5.74) is 1.32. The van der Waals surface area contributed by atoms with Gasteiger partial charge in [-0.3, -0.25) is 10.1 Å². The Morgan fingerprint density at radius 3 is 2.33 bits per heavy atom. The molecule has 0 aliphatic heterocycles. The molecule has 2 rings (SSSR count). The molecule has 5 nitrogen and oxygen atoms in total. The second-order valence-electron chi connectivity index (χ2n) is 4.60. The van der Waals surface area contributed by atoms with Crippen LogP contribution in [0.2, 0.25) is 0 Å². The molecule has 0 amide bonds. The fourth-order valence-corrected chi connectivity index (χ4v) is 2.79. The maximum absolute atomic E-state index is 11.1. The van der Waals surface area contributed by atoms with Crippen LogP contribution in [0.4, 0.5) is 5.69 Å². The van der Waals surface area contributed by atoms with E-state index in [2.05, 4.69) is 0 Å². The van der Waals surface area contributed by atoms with Gasteiger partial charge in [-0.05, 0) is 32.0 Å². The SMILES string of the molecule is Cc1ccc(Sc2cc(C(=O)O)cc([N+](=O)[O-])c2C)cc1. The van der Waals surface area contributed by atoms with Gasteiger partial charge in [0.2, 0.25) is 0 Å². The van der Waals surface area contributed by atoms with E-state index in [0.29, 0.717) is 10.5 Å². The Bertz CT molecular complexity index is 710. The van der Waals surface area contributed by atoms with E-state index in [9.17, 15) is 14.9 Å². The molecule has 2 aromatic rings. The highest BCUT2D eigenvalue weighted by Gasteiger charge is 2.19. The van der Waals surface area contributed by atoms with E-state index >= 15 is 0 Å². The van der Waals surface area contributed by atoms with E-state index in [0.717, 1.165) is 16.5 Å². The number of nitrogens with zero attached hydrogens (tertiary/aromatic N) is 1. The van der Waals surface area contributed by atoms with E-state index in [4.69, 9.17) is 5.11 Å². The lowest BCUT2D eigenvalue weighted by Gasteiger charge is -2.08. The molecule has 0 unspecified atom stereocenters. The number of nitro groups is 1. The highest BCUT2D eigenvalue weighted by molar-refractivity contribution is 7.99. The molecular weight excluding hydrogens is 290 g/mol. The number of hydrogen-bond donors (Lipinski definition) is 1. The third-order valence-corrected chi connectivity index (χ3v) is 4.18. The third kappa shape index (κ3) is 3.41. The second-order valence-corrected chi connectivity index (χ2v) is 5.71. The van der Waals surface area contributed by atoms with E-state index in [1.54, 1.807) is 6.92 Å². The fourth-order valence-electron chi connectivity index (χ4n) is 1.83. The summed E-state index contributed by atoms with van der Waals surface area (Å²) in [6.45, 7) is 3.59. The molecule has 108 valence electrons. The van der Waals surface area contributed by atoms with Gasteiger partial charge in [0.1, 0.15) is 0 Å². The molecule has 0 atom stereocenters. The van der Waals surface area contributed by atoms with Crippen molar-refractivity contribution in [2.75, 3.05) is 0 Å². The van der Waals surface area contributed by atoms with E-state index in [1.165, 1.54) is 17.8 Å². The van der Waals surface area contributed by atoms with Crippen LogP contribution < -0.4 is 0 Å². The van der Waals surface area contributed by atoms with Crippen molar-refractivity contribution in [3.63, 3.8) is 0 Å². The van der Waals surface area contributed by atoms with Gasteiger partial charge < -0.3 is 5.11 Å². The number of aryl methyl sites for hydroxylation is 1. The number of carbonyl (C=O) groups is 1. The van der Waals surface area contributed by atoms with Crippen molar-refractivity contribution in [3.8, 4) is 0 Å². The van der Waals surface area contributed by atoms with Gasteiger partial charge >= 0.3 is 5.97 Å². The van der Waals surface area contributed by atoms with Gasteiger partial charge in [-0.15, -0.1) is 0 Å². The van der Waals surface area contributed by atoms with Crippen LogP contribution in [0, 0.1) is 24.0 Å². The average Bonchev–Trinajstić information content (AvgIpc) is 2.42. The van der Waals surface area contributed by atoms with Crippen molar-refractivity contribution in [1.82, 2.24) is 0 Å². The molecule has 0 fully saturated rings. The maximum Gasteiger partial charge on any atom is 0.335 e. The molecular formula is C15H13NO4S. The summed E-state index contributed by atoms with van der Waals surface area (Å²) in [4.78, 5) is 23.1. The minimum Gasteiger partial charge on any atom is -0.478 e. The molecule has 6 heteroatoms. The molecule has 0 saturated carbocycles. The summed E-state index contributed by atoms with van der Waals surface area (Å²) < 4.78 is 0. The number of hydrogen-bond acceptors (Lipinski definition) is 4. The average molecular weight is 303 g/mol. The largest absolute Gasteiger partial charge is 0.478 e. The van der Waals surface area contributed by atoms with Crippen LogP contribution in [0.15, 0.2) is 46.2 Å². The quantitative estimate of drug-likeness (QED) is 0.680. The molecule has 0 bridgehead atoms. The Labute approximate surface area is 125 Å². The van der Waals surface area contributed by atoms with Crippen molar-refractivity contribution in [1.29, 1.82) is 0 Å². The second kappa shape index (κ2) is 5.97. The van der Waals surface area contributed by atoms with Crippen LogP contribution in [0.25, 0.3) is 0 Å². The Morgan fingerprint density at radius 2 is 1.81 bits per heavy atom. The van der Waals surface area contributed by atoms with Gasteiger partial charge in [-0.1, -0.05) is 29.5 Å². The van der Waals surface area contributed by atoms with Crippen LogP contribution in [0.1, 0.15) is 21.5 Å². The van der Waals surface area contributed by atoms with Crippen molar-refractivity contribution in [2.24, 2.45) is 0 Å². The summed E-state index contributed by atoms with van der Waals surface area (Å²) in [6.07, 6.45) is 0. The van der Waals surface area contributed by atoms with E-state index in [-0.39, 0.29) is 11.3 Å². The molecule has 0 saturated heterocycles. The number of rotatable bonds is 4. The number of benzene rings is 2. The third-order valence-electron chi connectivity index (χ3n) is 3.03. The zero-order valence-electron chi connectivity index (χ0n) is 11.5. The van der Waals surface area contributed by atoms with Crippen molar-refractivity contribution >= 4 is 23.4 Å². The summed E-state index contributed by atoms with van der Waals surface area (Å²) >= 11 is 1.32. The van der Waals surface area contributed by atoms with Crippen molar-refractivity contribution in [3.05, 3.63) is 63.2 Å². The summed E-state index contributed by atoms with van der Waals surface area (Å²) in [5, 5.41) is 20.1. The van der Waals surface area contributed by atoms with Gasteiger partial charge in [0, 0.05) is 21.4 Å². The topological polar surface area (TPSA) is 80.4 Å². The Kier molecular flexibility index (Phi) is 4.28. The standard InChI is InChI=1S/C15H13NO4S/c1-9-3-5-12(6-4-9)21-14-8-11(15(17)18)7-13(10(14)2)16(19)20/h3-8H,1-2H3,(H,17,18). The zero-order chi connectivity index (χ0) is 15.6. The molecule has 0 radical (unpaired) electrons. The first kappa shape index (κ1) is 15.1. The molecule has 0 aliphatic carbocycles. The Balaban J connectivity index is 2.48. The van der Waals surface area contributed by atoms with E-state index < -0.39 is 10.9 Å². The molecule has 0 heterocycles. The molecule has 0 aromatic heterocycles. The van der Waals surface area contributed by atoms with Gasteiger partial charge in [-0.25, -0.2) is 4.79 Å². The Hall–Kier alpha value is -2.34. The predicted molar refractivity (Wildman–Crippen MR) is 80.1 cm³/mol. The number of nitro benzene ring substituents is 1. The van der Waals surface area contributed by atoms with Crippen LogP contribution in [-0.4, -0.2) is 16.0 Å². The van der Waals surface area contributed by atoms with Gasteiger partial charge in [-0.2, -0.15) is 0 Å². The lowest BCUT2D eigenvalue weighted by atomic mass is 10.1. The Morgan fingerprint density at radius 1 is 1.19 bits per heavy atom. The van der Waals surface area contributed by atoms with Gasteiger partial charge in [0.05, 0.1) is 10.5 Å². The summed E-state index contributed by atoms with van der Waals surface area (Å²) in [5.74, 6) is -1.18. The maximum atomic E-state index is 11.1. The first-order valence-corrected chi connectivity index (χ1v) is 6.97. The van der Waals surface area contributed by atoms with Gasteiger partial charge in [0.25, 0.3) is 5.69 Å². The lowest BCUT2D eigenvalue weighted by Crippen LogP contribution is -2.01. The number of carboxylic acids is 1. The fraction of sp³-hybridized carbons (Fsp3) is 0.133. The zero-order valence-corrected chi connectivity index (χ0v) is 12.3.